The summed E-state index contributed by atoms with van der Waals surface area (Å²) >= 11 is 0. The lowest BCUT2D eigenvalue weighted by atomic mass is 10.1. The van der Waals surface area contributed by atoms with Crippen molar-refractivity contribution < 1.29 is 4.39 Å². The van der Waals surface area contributed by atoms with Crippen LogP contribution in [0.2, 0.25) is 0 Å². The molecule has 0 N–H and O–H groups in total. The number of hydrogen-bond donors (Lipinski definition) is 0. The molecule has 0 bridgehead atoms. The summed E-state index contributed by atoms with van der Waals surface area (Å²) in [6, 6.07) is 10.4. The Morgan fingerprint density at radius 1 is 0.933 bits per heavy atom. The van der Waals surface area contributed by atoms with Crippen LogP contribution in [-0.4, -0.2) is 4.98 Å². The van der Waals surface area contributed by atoms with Gasteiger partial charge in [-0.3, -0.25) is 4.98 Å². The topological polar surface area (TPSA) is 12.9 Å². The van der Waals surface area contributed by atoms with E-state index in [1.807, 2.05) is 24.3 Å². The van der Waals surface area contributed by atoms with Crippen LogP contribution in [0.5, 0.6) is 0 Å². The number of rotatable bonds is 2. The Balaban J connectivity index is 2.23. The third kappa shape index (κ3) is 2.50. The summed E-state index contributed by atoms with van der Waals surface area (Å²) in [6.45, 7) is 0. The molecule has 0 aliphatic carbocycles. The third-order valence-electron chi connectivity index (χ3n) is 2.07. The molecule has 0 saturated heterocycles. The van der Waals surface area contributed by atoms with E-state index in [1.165, 1.54) is 6.07 Å². The predicted octanol–water partition coefficient (Wildman–Crippen LogP) is 3.39. The molecule has 1 nitrogen and oxygen atoms in total. The summed E-state index contributed by atoms with van der Waals surface area (Å²) in [7, 11) is 0. The number of hydrogen-bond acceptors (Lipinski definition) is 1. The molecule has 0 atom stereocenters. The van der Waals surface area contributed by atoms with Crippen molar-refractivity contribution in [2.45, 2.75) is 0 Å². The standard InChI is InChI=1S/C13H10FN/c14-13-4-2-1-3-12(13)6-5-11-7-9-15-10-8-11/h1-10H. The van der Waals surface area contributed by atoms with E-state index in [0.717, 1.165) is 5.56 Å². The first-order valence-electron chi connectivity index (χ1n) is 4.69. The molecule has 2 rings (SSSR count). The van der Waals surface area contributed by atoms with Gasteiger partial charge in [-0.05, 0) is 23.8 Å². The van der Waals surface area contributed by atoms with Crippen LogP contribution in [0.1, 0.15) is 11.1 Å². The summed E-state index contributed by atoms with van der Waals surface area (Å²) in [4.78, 5) is 3.91. The highest BCUT2D eigenvalue weighted by atomic mass is 19.1. The average molecular weight is 199 g/mol. The van der Waals surface area contributed by atoms with Crippen LogP contribution in [0.4, 0.5) is 4.39 Å². The Kier molecular flexibility index (Phi) is 2.88. The lowest BCUT2D eigenvalue weighted by Gasteiger charge is -1.95. The fourth-order valence-electron chi connectivity index (χ4n) is 1.27. The van der Waals surface area contributed by atoms with Crippen LogP contribution in [0.15, 0.2) is 48.8 Å². The van der Waals surface area contributed by atoms with Crippen molar-refractivity contribution in [3.63, 3.8) is 0 Å². The highest BCUT2D eigenvalue weighted by molar-refractivity contribution is 5.69. The maximum absolute atomic E-state index is 13.2. The van der Waals surface area contributed by atoms with Gasteiger partial charge in [-0.1, -0.05) is 30.4 Å². The molecule has 0 radical (unpaired) electrons. The number of nitrogens with zero attached hydrogens (tertiary/aromatic N) is 1. The molecule has 1 aromatic carbocycles. The molecule has 0 amide bonds. The number of halogens is 1. The van der Waals surface area contributed by atoms with Crippen LogP contribution < -0.4 is 0 Å². The van der Waals surface area contributed by atoms with Crippen molar-refractivity contribution in [3.8, 4) is 0 Å². The van der Waals surface area contributed by atoms with Gasteiger partial charge in [0.2, 0.25) is 0 Å². The van der Waals surface area contributed by atoms with Crippen LogP contribution >= 0.6 is 0 Å². The summed E-state index contributed by atoms with van der Waals surface area (Å²) in [5.41, 5.74) is 1.60. The SMILES string of the molecule is Fc1ccccc1C=Cc1ccncc1. The molecule has 0 aliphatic heterocycles. The first kappa shape index (κ1) is 9.59. The Bertz CT molecular complexity index is 463. The molecule has 2 heteroatoms. The molecule has 1 aromatic heterocycles. The Morgan fingerprint density at radius 2 is 1.67 bits per heavy atom. The fourth-order valence-corrected chi connectivity index (χ4v) is 1.27. The van der Waals surface area contributed by atoms with Crippen molar-refractivity contribution in [1.82, 2.24) is 4.98 Å². The van der Waals surface area contributed by atoms with Gasteiger partial charge in [0, 0.05) is 18.0 Å². The summed E-state index contributed by atoms with van der Waals surface area (Å²) in [6.07, 6.45) is 7.03. The van der Waals surface area contributed by atoms with Crippen molar-refractivity contribution in [2.24, 2.45) is 0 Å². The minimum absolute atomic E-state index is 0.206. The Hall–Kier alpha value is -1.96. The maximum atomic E-state index is 13.2. The molecule has 0 unspecified atom stereocenters. The number of aromatic nitrogens is 1. The van der Waals surface area contributed by atoms with Gasteiger partial charge >= 0.3 is 0 Å². The molecule has 0 fully saturated rings. The van der Waals surface area contributed by atoms with E-state index in [0.29, 0.717) is 5.56 Å². The van der Waals surface area contributed by atoms with E-state index < -0.39 is 0 Å². The largest absolute Gasteiger partial charge is 0.265 e. The smallest absolute Gasteiger partial charge is 0.130 e. The lowest BCUT2D eigenvalue weighted by molar-refractivity contribution is 0.625. The lowest BCUT2D eigenvalue weighted by Crippen LogP contribution is -1.79. The van der Waals surface area contributed by atoms with Crippen molar-refractivity contribution in [2.75, 3.05) is 0 Å². The first-order valence-corrected chi connectivity index (χ1v) is 4.69. The fraction of sp³-hybridized carbons (Fsp3) is 0. The average Bonchev–Trinajstić information content (AvgIpc) is 2.29. The zero-order valence-electron chi connectivity index (χ0n) is 8.10. The number of pyridine rings is 1. The van der Waals surface area contributed by atoms with Gasteiger partial charge in [0.1, 0.15) is 5.82 Å². The van der Waals surface area contributed by atoms with E-state index in [9.17, 15) is 4.39 Å². The van der Waals surface area contributed by atoms with Gasteiger partial charge in [0.25, 0.3) is 0 Å². The van der Waals surface area contributed by atoms with Crippen LogP contribution in [0.25, 0.3) is 12.2 Å². The Labute approximate surface area is 87.9 Å². The molecular weight excluding hydrogens is 189 g/mol. The molecule has 15 heavy (non-hydrogen) atoms. The van der Waals surface area contributed by atoms with E-state index in [-0.39, 0.29) is 5.82 Å². The van der Waals surface area contributed by atoms with Gasteiger partial charge in [0.05, 0.1) is 0 Å². The van der Waals surface area contributed by atoms with Gasteiger partial charge in [0.15, 0.2) is 0 Å². The monoisotopic (exact) mass is 199 g/mol. The van der Waals surface area contributed by atoms with Crippen LogP contribution in [0.3, 0.4) is 0 Å². The minimum atomic E-state index is -0.206. The van der Waals surface area contributed by atoms with Gasteiger partial charge in [-0.2, -0.15) is 0 Å². The summed E-state index contributed by atoms with van der Waals surface area (Å²) < 4.78 is 13.2. The molecule has 2 aromatic rings. The highest BCUT2D eigenvalue weighted by Crippen LogP contribution is 2.10. The van der Waals surface area contributed by atoms with Gasteiger partial charge in [-0.25, -0.2) is 4.39 Å². The molecule has 74 valence electrons. The molecule has 0 saturated carbocycles. The second-order valence-corrected chi connectivity index (χ2v) is 3.14. The van der Waals surface area contributed by atoms with E-state index >= 15 is 0 Å². The molecule has 0 aliphatic rings. The van der Waals surface area contributed by atoms with Gasteiger partial charge in [-0.15, -0.1) is 0 Å². The molecule has 1 heterocycles. The van der Waals surface area contributed by atoms with Crippen molar-refractivity contribution in [1.29, 1.82) is 0 Å². The highest BCUT2D eigenvalue weighted by Gasteiger charge is 1.94. The normalized spacial score (nSPS) is 10.7. The van der Waals surface area contributed by atoms with E-state index in [1.54, 1.807) is 30.6 Å². The van der Waals surface area contributed by atoms with E-state index in [2.05, 4.69) is 4.98 Å². The van der Waals surface area contributed by atoms with Crippen molar-refractivity contribution in [3.05, 3.63) is 65.7 Å². The van der Waals surface area contributed by atoms with E-state index in [4.69, 9.17) is 0 Å². The number of benzene rings is 1. The van der Waals surface area contributed by atoms with Crippen LogP contribution in [0, 0.1) is 5.82 Å². The van der Waals surface area contributed by atoms with Crippen molar-refractivity contribution >= 4 is 12.2 Å². The van der Waals surface area contributed by atoms with Gasteiger partial charge < -0.3 is 0 Å². The summed E-state index contributed by atoms with van der Waals surface area (Å²) in [5, 5.41) is 0. The third-order valence-corrected chi connectivity index (χ3v) is 2.07. The quantitative estimate of drug-likeness (QED) is 0.722. The zero-order chi connectivity index (χ0) is 10.5. The maximum Gasteiger partial charge on any atom is 0.130 e. The zero-order valence-corrected chi connectivity index (χ0v) is 8.10. The second kappa shape index (κ2) is 4.51. The predicted molar refractivity (Wildman–Crippen MR) is 59.6 cm³/mol. The minimum Gasteiger partial charge on any atom is -0.265 e. The van der Waals surface area contributed by atoms with Crippen LogP contribution in [-0.2, 0) is 0 Å². The first-order chi connectivity index (χ1) is 7.36. The second-order valence-electron chi connectivity index (χ2n) is 3.14. The molecular formula is C13H10FN. The summed E-state index contributed by atoms with van der Waals surface area (Å²) in [5.74, 6) is -0.206. The molecule has 0 spiro atoms. The Morgan fingerprint density at radius 3 is 2.40 bits per heavy atom.